The molecule has 1 aliphatic rings. The van der Waals surface area contributed by atoms with Crippen molar-refractivity contribution >= 4 is 32.8 Å². The van der Waals surface area contributed by atoms with Gasteiger partial charge in [0, 0.05) is 27.3 Å². The third-order valence-electron chi connectivity index (χ3n) is 11.2. The van der Waals surface area contributed by atoms with Crippen molar-refractivity contribution in [2.45, 2.75) is 5.41 Å². The van der Waals surface area contributed by atoms with E-state index in [1.54, 1.807) is 0 Å². The Balaban J connectivity index is 1.08. The van der Waals surface area contributed by atoms with Crippen LogP contribution in [-0.4, -0.2) is 9.97 Å². The summed E-state index contributed by atoms with van der Waals surface area (Å²) >= 11 is 0. The molecule has 0 atom stereocenters. The second kappa shape index (κ2) is 12.0. The highest BCUT2D eigenvalue weighted by Gasteiger charge is 2.46. The van der Waals surface area contributed by atoms with Crippen LogP contribution in [0.1, 0.15) is 22.3 Å². The van der Waals surface area contributed by atoms with Gasteiger partial charge in [-0.3, -0.25) is 0 Å². The minimum Gasteiger partial charge on any atom is -0.456 e. The minimum atomic E-state index is -0.485. The van der Waals surface area contributed by atoms with E-state index in [9.17, 15) is 0 Å². The molecule has 0 bridgehead atoms. The van der Waals surface area contributed by atoms with Crippen molar-refractivity contribution in [3.05, 3.63) is 216 Å². The number of hydrogen-bond acceptors (Lipinski definition) is 3. The van der Waals surface area contributed by atoms with Gasteiger partial charge in [0.25, 0.3) is 0 Å². The lowest BCUT2D eigenvalue weighted by Gasteiger charge is -2.33. The molecule has 0 amide bonds. The highest BCUT2D eigenvalue weighted by molar-refractivity contribution is 6.09. The fourth-order valence-electron chi connectivity index (χ4n) is 8.73. The van der Waals surface area contributed by atoms with E-state index in [1.165, 1.54) is 44.5 Å². The van der Waals surface area contributed by atoms with E-state index in [4.69, 9.17) is 14.4 Å². The highest BCUT2D eigenvalue weighted by atomic mass is 16.3. The van der Waals surface area contributed by atoms with Gasteiger partial charge in [0.15, 0.2) is 5.82 Å². The third-order valence-corrected chi connectivity index (χ3v) is 11.2. The van der Waals surface area contributed by atoms with Crippen LogP contribution in [0.25, 0.3) is 77.7 Å². The summed E-state index contributed by atoms with van der Waals surface area (Å²) < 4.78 is 6.81. The molecule has 1 aliphatic carbocycles. The smallest absolute Gasteiger partial charge is 0.160 e. The standard InChI is InChI=1S/C51H32N2O/c1-4-14-33(15-5-1)34-24-26-35(27-25-34)49-41-21-11-13-23-46(41)52-50(53-49)36-28-29-40-43-31-42-39-20-10-12-22-44(39)51(37-16-6-2-7-17-37,38-18-8-3-9-19-38)45(42)32-48(43)54-47(40)30-36/h1-32H. The van der Waals surface area contributed by atoms with E-state index in [1.807, 2.05) is 18.2 Å². The molecular formula is C51H32N2O. The van der Waals surface area contributed by atoms with Crippen LogP contribution in [0.3, 0.4) is 0 Å². The van der Waals surface area contributed by atoms with Gasteiger partial charge >= 0.3 is 0 Å². The number of hydrogen-bond donors (Lipinski definition) is 0. The van der Waals surface area contributed by atoms with Crippen molar-refractivity contribution in [1.82, 2.24) is 9.97 Å². The third kappa shape index (κ3) is 4.55. The molecule has 252 valence electrons. The largest absolute Gasteiger partial charge is 0.456 e. The Morgan fingerprint density at radius 2 is 0.963 bits per heavy atom. The maximum absolute atomic E-state index is 6.81. The molecule has 3 nitrogen and oxygen atoms in total. The summed E-state index contributed by atoms with van der Waals surface area (Å²) in [5.74, 6) is 0.668. The molecule has 2 heterocycles. The van der Waals surface area contributed by atoms with Crippen molar-refractivity contribution in [2.75, 3.05) is 0 Å². The van der Waals surface area contributed by atoms with Crippen LogP contribution in [0.15, 0.2) is 199 Å². The highest BCUT2D eigenvalue weighted by Crippen LogP contribution is 2.57. The number of para-hydroxylation sites is 1. The van der Waals surface area contributed by atoms with Gasteiger partial charge in [-0.15, -0.1) is 0 Å². The summed E-state index contributed by atoms with van der Waals surface area (Å²) in [5, 5.41) is 3.19. The monoisotopic (exact) mass is 688 g/mol. The second-order valence-corrected chi connectivity index (χ2v) is 14.1. The van der Waals surface area contributed by atoms with Crippen molar-refractivity contribution in [1.29, 1.82) is 0 Å². The minimum absolute atomic E-state index is 0.485. The number of rotatable bonds is 5. The molecular weight excluding hydrogens is 657 g/mol. The number of aromatic nitrogens is 2. The Morgan fingerprint density at radius 1 is 0.370 bits per heavy atom. The Morgan fingerprint density at radius 3 is 1.72 bits per heavy atom. The van der Waals surface area contributed by atoms with E-state index in [0.717, 1.165) is 49.7 Å². The molecule has 0 radical (unpaired) electrons. The van der Waals surface area contributed by atoms with Gasteiger partial charge in [-0.1, -0.05) is 164 Å². The zero-order valence-electron chi connectivity index (χ0n) is 29.3. The molecule has 8 aromatic carbocycles. The van der Waals surface area contributed by atoms with Gasteiger partial charge in [-0.2, -0.15) is 0 Å². The van der Waals surface area contributed by atoms with Gasteiger partial charge in [-0.25, -0.2) is 9.97 Å². The van der Waals surface area contributed by atoms with Crippen LogP contribution >= 0.6 is 0 Å². The lowest BCUT2D eigenvalue weighted by Crippen LogP contribution is -2.28. The van der Waals surface area contributed by atoms with Gasteiger partial charge in [-0.05, 0) is 74.8 Å². The predicted molar refractivity (Wildman–Crippen MR) is 220 cm³/mol. The molecule has 0 saturated carbocycles. The summed E-state index contributed by atoms with van der Waals surface area (Å²) in [6.45, 7) is 0. The van der Waals surface area contributed by atoms with Crippen molar-refractivity contribution < 1.29 is 4.42 Å². The zero-order chi connectivity index (χ0) is 35.6. The van der Waals surface area contributed by atoms with Crippen molar-refractivity contribution in [2.24, 2.45) is 0 Å². The van der Waals surface area contributed by atoms with Gasteiger partial charge in [0.05, 0.1) is 16.6 Å². The van der Waals surface area contributed by atoms with Gasteiger partial charge in [0.1, 0.15) is 11.2 Å². The Kier molecular flexibility index (Phi) is 6.77. The van der Waals surface area contributed by atoms with Crippen LogP contribution < -0.4 is 0 Å². The zero-order valence-corrected chi connectivity index (χ0v) is 29.3. The van der Waals surface area contributed by atoms with Crippen molar-refractivity contribution in [3.8, 4) is 44.9 Å². The van der Waals surface area contributed by atoms with E-state index in [0.29, 0.717) is 5.82 Å². The molecule has 2 aromatic heterocycles. The number of benzene rings is 8. The molecule has 0 fully saturated rings. The maximum Gasteiger partial charge on any atom is 0.160 e. The fraction of sp³-hybridized carbons (Fsp3) is 0.0196. The van der Waals surface area contributed by atoms with Gasteiger partial charge < -0.3 is 4.42 Å². The maximum atomic E-state index is 6.81. The van der Waals surface area contributed by atoms with E-state index in [2.05, 4.69) is 176 Å². The molecule has 54 heavy (non-hydrogen) atoms. The molecule has 10 aromatic rings. The predicted octanol–water partition coefficient (Wildman–Crippen LogP) is 12.9. The van der Waals surface area contributed by atoms with Crippen LogP contribution in [0.5, 0.6) is 0 Å². The first-order valence-electron chi connectivity index (χ1n) is 18.4. The Labute approximate surface area is 312 Å². The lowest BCUT2D eigenvalue weighted by atomic mass is 9.67. The average molecular weight is 689 g/mol. The quantitative estimate of drug-likeness (QED) is 0.181. The van der Waals surface area contributed by atoms with Gasteiger partial charge in [0.2, 0.25) is 0 Å². The molecule has 3 heteroatoms. The Bertz CT molecular complexity index is 2980. The van der Waals surface area contributed by atoms with E-state index >= 15 is 0 Å². The number of furan rings is 1. The van der Waals surface area contributed by atoms with Crippen LogP contribution in [-0.2, 0) is 5.41 Å². The van der Waals surface area contributed by atoms with Crippen LogP contribution in [0.4, 0.5) is 0 Å². The summed E-state index contributed by atoms with van der Waals surface area (Å²) in [6.07, 6.45) is 0. The average Bonchev–Trinajstić information content (AvgIpc) is 3.75. The van der Waals surface area contributed by atoms with Crippen LogP contribution in [0, 0.1) is 0 Å². The molecule has 0 saturated heterocycles. The molecule has 0 spiro atoms. The first-order valence-corrected chi connectivity index (χ1v) is 18.4. The van der Waals surface area contributed by atoms with Crippen molar-refractivity contribution in [3.63, 3.8) is 0 Å². The van der Waals surface area contributed by atoms with Crippen LogP contribution in [0.2, 0.25) is 0 Å². The molecule has 0 N–H and O–H groups in total. The second-order valence-electron chi connectivity index (χ2n) is 14.1. The van der Waals surface area contributed by atoms with E-state index in [-0.39, 0.29) is 0 Å². The Hall–Kier alpha value is -7.10. The lowest BCUT2D eigenvalue weighted by molar-refractivity contribution is 0.666. The fourth-order valence-corrected chi connectivity index (χ4v) is 8.73. The van der Waals surface area contributed by atoms with E-state index < -0.39 is 5.41 Å². The number of fused-ring (bicyclic) bond motifs is 7. The summed E-state index contributed by atoms with van der Waals surface area (Å²) in [7, 11) is 0. The topological polar surface area (TPSA) is 38.9 Å². The molecule has 11 rings (SSSR count). The molecule has 0 unspecified atom stereocenters. The SMILES string of the molecule is c1ccc(-c2ccc(-c3nc(-c4ccc5c(c4)oc4cc6c(cc45)-c4ccccc4C6(c4ccccc4)c4ccccc4)nc4ccccc34)cc2)cc1. The summed E-state index contributed by atoms with van der Waals surface area (Å²) in [6, 6.07) is 69.0. The molecule has 0 aliphatic heterocycles. The normalized spacial score (nSPS) is 13.0. The number of nitrogens with zero attached hydrogens (tertiary/aromatic N) is 2. The first-order chi connectivity index (χ1) is 26.8. The first kappa shape index (κ1) is 30.5. The summed E-state index contributed by atoms with van der Waals surface area (Å²) in [5.41, 5.74) is 14.8. The summed E-state index contributed by atoms with van der Waals surface area (Å²) in [4.78, 5) is 10.3.